The monoisotopic (exact) mass is 366 g/mol. The third kappa shape index (κ3) is 3.50. The first-order chi connectivity index (χ1) is 12.4. The Hall–Kier alpha value is -2.99. The van der Waals surface area contributed by atoms with E-state index < -0.39 is 11.8 Å². The number of hydrogen-bond acceptors (Lipinski definition) is 4. The summed E-state index contributed by atoms with van der Waals surface area (Å²) >= 11 is 5.20. The fourth-order valence-electron chi connectivity index (χ4n) is 2.64. The molecule has 0 radical (unpaired) electrons. The number of thiocarbonyl (C=S) groups is 1. The van der Waals surface area contributed by atoms with Crippen molar-refractivity contribution >= 4 is 40.9 Å². The predicted molar refractivity (Wildman–Crippen MR) is 105 cm³/mol. The number of amides is 2. The van der Waals surface area contributed by atoms with Gasteiger partial charge in [0.2, 0.25) is 0 Å². The second-order valence-electron chi connectivity index (χ2n) is 6.30. The van der Waals surface area contributed by atoms with Gasteiger partial charge in [-0.3, -0.25) is 19.8 Å². The van der Waals surface area contributed by atoms with Crippen LogP contribution >= 0.6 is 12.2 Å². The molecule has 2 amide bonds. The van der Waals surface area contributed by atoms with Gasteiger partial charge in [0.15, 0.2) is 5.11 Å². The lowest BCUT2D eigenvalue weighted by molar-refractivity contribution is -0.122. The highest BCUT2D eigenvalue weighted by molar-refractivity contribution is 7.80. The minimum Gasteiger partial charge on any atom is -0.508 e. The molecule has 6 heteroatoms. The molecule has 0 spiro atoms. The van der Waals surface area contributed by atoms with Crippen LogP contribution in [0.15, 0.2) is 54.1 Å². The molecule has 0 aromatic heterocycles. The van der Waals surface area contributed by atoms with E-state index in [1.54, 1.807) is 12.1 Å². The van der Waals surface area contributed by atoms with Crippen molar-refractivity contribution in [1.82, 2.24) is 5.32 Å². The number of rotatable bonds is 3. The molecular formula is C20H18N2O3S. The molecule has 2 N–H and O–H groups in total. The second kappa shape index (κ2) is 7.09. The maximum absolute atomic E-state index is 12.9. The van der Waals surface area contributed by atoms with E-state index in [0.29, 0.717) is 17.2 Å². The zero-order valence-electron chi connectivity index (χ0n) is 14.4. The van der Waals surface area contributed by atoms with Crippen LogP contribution in [0.25, 0.3) is 6.08 Å². The summed E-state index contributed by atoms with van der Waals surface area (Å²) < 4.78 is 0. The molecule has 132 valence electrons. The van der Waals surface area contributed by atoms with E-state index in [1.165, 1.54) is 23.1 Å². The van der Waals surface area contributed by atoms with Gasteiger partial charge < -0.3 is 5.11 Å². The first-order valence-electron chi connectivity index (χ1n) is 8.17. The van der Waals surface area contributed by atoms with Crippen molar-refractivity contribution in [2.24, 2.45) is 0 Å². The zero-order valence-corrected chi connectivity index (χ0v) is 15.2. The largest absolute Gasteiger partial charge is 0.508 e. The van der Waals surface area contributed by atoms with Crippen LogP contribution in [0.3, 0.4) is 0 Å². The number of aromatic hydroxyl groups is 1. The van der Waals surface area contributed by atoms with E-state index >= 15 is 0 Å². The zero-order chi connectivity index (χ0) is 18.8. The molecule has 26 heavy (non-hydrogen) atoms. The third-order valence-electron chi connectivity index (χ3n) is 4.12. The van der Waals surface area contributed by atoms with Gasteiger partial charge in [-0.2, -0.15) is 0 Å². The minimum absolute atomic E-state index is 0.0165. The van der Waals surface area contributed by atoms with Gasteiger partial charge in [0.05, 0.1) is 5.69 Å². The number of phenolic OH excluding ortho intramolecular Hbond substituents is 1. The molecule has 1 aliphatic heterocycles. The molecule has 1 saturated heterocycles. The number of benzene rings is 2. The molecule has 0 saturated carbocycles. The smallest absolute Gasteiger partial charge is 0.270 e. The minimum atomic E-state index is -0.539. The lowest BCUT2D eigenvalue weighted by Gasteiger charge is -2.29. The molecule has 2 aromatic carbocycles. The molecule has 0 atom stereocenters. The van der Waals surface area contributed by atoms with E-state index in [9.17, 15) is 14.7 Å². The average Bonchev–Trinajstić information content (AvgIpc) is 2.60. The summed E-state index contributed by atoms with van der Waals surface area (Å²) in [7, 11) is 0. The molecule has 1 heterocycles. The van der Waals surface area contributed by atoms with E-state index in [1.807, 2.05) is 24.3 Å². The SMILES string of the molecule is CC(C)c1ccc(N2C(=O)/C(=C\c3ccc(O)cc3)C(=O)NC2=S)cc1. The summed E-state index contributed by atoms with van der Waals surface area (Å²) in [5.41, 5.74) is 2.36. The van der Waals surface area contributed by atoms with Gasteiger partial charge in [-0.25, -0.2) is 0 Å². The van der Waals surface area contributed by atoms with Crippen molar-refractivity contribution in [2.45, 2.75) is 19.8 Å². The van der Waals surface area contributed by atoms with E-state index in [2.05, 4.69) is 19.2 Å². The van der Waals surface area contributed by atoms with Gasteiger partial charge in [-0.1, -0.05) is 38.1 Å². The van der Waals surface area contributed by atoms with Crippen molar-refractivity contribution in [2.75, 3.05) is 4.90 Å². The molecular weight excluding hydrogens is 348 g/mol. The molecule has 0 unspecified atom stereocenters. The number of nitrogens with zero attached hydrogens (tertiary/aromatic N) is 1. The van der Waals surface area contributed by atoms with Crippen LogP contribution in [0.2, 0.25) is 0 Å². The Kier molecular flexibility index (Phi) is 4.86. The van der Waals surface area contributed by atoms with Gasteiger partial charge in [0, 0.05) is 0 Å². The van der Waals surface area contributed by atoms with Crippen molar-refractivity contribution in [3.05, 3.63) is 65.2 Å². The molecule has 1 aliphatic rings. The third-order valence-corrected chi connectivity index (χ3v) is 4.41. The summed E-state index contributed by atoms with van der Waals surface area (Å²) in [6, 6.07) is 13.7. The number of carbonyl (C=O) groups is 2. The summed E-state index contributed by atoms with van der Waals surface area (Å²) in [4.78, 5) is 26.5. The molecule has 0 bridgehead atoms. The van der Waals surface area contributed by atoms with Crippen molar-refractivity contribution < 1.29 is 14.7 Å². The van der Waals surface area contributed by atoms with Crippen LogP contribution in [-0.4, -0.2) is 22.0 Å². The number of hydrogen-bond donors (Lipinski definition) is 2. The van der Waals surface area contributed by atoms with Crippen LogP contribution in [-0.2, 0) is 9.59 Å². The normalized spacial score (nSPS) is 16.3. The Morgan fingerprint density at radius 2 is 1.65 bits per heavy atom. The maximum Gasteiger partial charge on any atom is 0.270 e. The summed E-state index contributed by atoms with van der Waals surface area (Å²) in [6.07, 6.45) is 1.48. The highest BCUT2D eigenvalue weighted by Crippen LogP contribution is 2.24. The van der Waals surface area contributed by atoms with Gasteiger partial charge in [-0.15, -0.1) is 0 Å². The number of phenols is 1. The lowest BCUT2D eigenvalue weighted by atomic mass is 10.0. The van der Waals surface area contributed by atoms with E-state index in [-0.39, 0.29) is 16.4 Å². The predicted octanol–water partition coefficient (Wildman–Crippen LogP) is 3.35. The average molecular weight is 366 g/mol. The molecule has 1 fully saturated rings. The Morgan fingerprint density at radius 1 is 1.04 bits per heavy atom. The lowest BCUT2D eigenvalue weighted by Crippen LogP contribution is -2.54. The van der Waals surface area contributed by atoms with Crippen LogP contribution < -0.4 is 10.2 Å². The fourth-order valence-corrected chi connectivity index (χ4v) is 2.92. The number of anilines is 1. The van der Waals surface area contributed by atoms with Crippen LogP contribution in [0, 0.1) is 0 Å². The standard InChI is InChI=1S/C20H18N2O3S/c1-12(2)14-5-7-15(8-6-14)22-19(25)17(18(24)21-20(22)26)11-13-3-9-16(23)10-4-13/h3-12,23H,1-2H3,(H,21,24,26)/b17-11-. The van der Waals surface area contributed by atoms with Crippen molar-refractivity contribution in [1.29, 1.82) is 0 Å². The summed E-state index contributed by atoms with van der Waals surface area (Å²) in [5, 5.41) is 12.0. The Labute approximate surface area is 156 Å². The Balaban J connectivity index is 1.96. The van der Waals surface area contributed by atoms with Crippen LogP contribution in [0.5, 0.6) is 5.75 Å². The van der Waals surface area contributed by atoms with Gasteiger partial charge >= 0.3 is 0 Å². The van der Waals surface area contributed by atoms with Gasteiger partial charge in [-0.05, 0) is 59.6 Å². The molecule has 0 aliphatic carbocycles. The topological polar surface area (TPSA) is 69.6 Å². The van der Waals surface area contributed by atoms with Crippen molar-refractivity contribution in [3.8, 4) is 5.75 Å². The second-order valence-corrected chi connectivity index (χ2v) is 6.68. The number of carbonyl (C=O) groups excluding carboxylic acids is 2. The number of nitrogens with one attached hydrogen (secondary N) is 1. The molecule has 5 nitrogen and oxygen atoms in total. The van der Waals surface area contributed by atoms with Crippen LogP contribution in [0.4, 0.5) is 5.69 Å². The first-order valence-corrected chi connectivity index (χ1v) is 8.58. The van der Waals surface area contributed by atoms with Crippen molar-refractivity contribution in [3.63, 3.8) is 0 Å². The highest BCUT2D eigenvalue weighted by Gasteiger charge is 2.34. The first kappa shape index (κ1) is 17.8. The Morgan fingerprint density at radius 3 is 2.23 bits per heavy atom. The fraction of sp³-hybridized carbons (Fsp3) is 0.150. The van der Waals surface area contributed by atoms with Gasteiger partial charge in [0.1, 0.15) is 11.3 Å². The molecule has 2 aromatic rings. The Bertz CT molecular complexity index is 900. The summed E-state index contributed by atoms with van der Waals surface area (Å²) in [5.74, 6) is -0.537. The highest BCUT2D eigenvalue weighted by atomic mass is 32.1. The van der Waals surface area contributed by atoms with E-state index in [4.69, 9.17) is 12.2 Å². The summed E-state index contributed by atoms with van der Waals surface area (Å²) in [6.45, 7) is 4.18. The van der Waals surface area contributed by atoms with E-state index in [0.717, 1.165) is 5.56 Å². The van der Waals surface area contributed by atoms with Crippen LogP contribution in [0.1, 0.15) is 30.9 Å². The maximum atomic E-state index is 12.9. The van der Waals surface area contributed by atoms with Gasteiger partial charge in [0.25, 0.3) is 11.8 Å². The molecule has 3 rings (SSSR count). The quantitative estimate of drug-likeness (QED) is 0.497.